The van der Waals surface area contributed by atoms with Crippen molar-refractivity contribution in [1.29, 1.82) is 0 Å². The highest BCUT2D eigenvalue weighted by atomic mass is 19.1. The zero-order chi connectivity index (χ0) is 11.4. The van der Waals surface area contributed by atoms with Crippen molar-refractivity contribution in [2.24, 2.45) is 11.5 Å². The Labute approximate surface area is 87.0 Å². The van der Waals surface area contributed by atoms with Gasteiger partial charge in [0, 0.05) is 12.5 Å². The molecule has 0 aliphatic rings. The van der Waals surface area contributed by atoms with E-state index < -0.39 is 17.8 Å². The van der Waals surface area contributed by atoms with Crippen LogP contribution < -0.4 is 16.2 Å². The number of carbonyl (C=O) groups excluding carboxylic acids is 1. The lowest BCUT2D eigenvalue weighted by molar-refractivity contribution is -0.118. The Morgan fingerprint density at radius 3 is 2.80 bits per heavy atom. The fourth-order valence-corrected chi connectivity index (χ4v) is 1.24. The van der Waals surface area contributed by atoms with Crippen LogP contribution >= 0.6 is 0 Å². The average molecular weight is 212 g/mol. The average Bonchev–Trinajstić information content (AvgIpc) is 2.17. The predicted molar refractivity (Wildman–Crippen MR) is 53.7 cm³/mol. The van der Waals surface area contributed by atoms with E-state index >= 15 is 0 Å². The first-order valence-corrected chi connectivity index (χ1v) is 4.42. The van der Waals surface area contributed by atoms with E-state index in [4.69, 9.17) is 16.2 Å². The van der Waals surface area contributed by atoms with Crippen LogP contribution in [0.25, 0.3) is 0 Å². The Kier molecular flexibility index (Phi) is 3.62. The molecule has 0 aliphatic heterocycles. The van der Waals surface area contributed by atoms with E-state index in [1.807, 2.05) is 0 Å². The molecule has 1 atom stereocenters. The number of methoxy groups -OCH3 is 1. The van der Waals surface area contributed by atoms with E-state index in [1.54, 1.807) is 0 Å². The van der Waals surface area contributed by atoms with E-state index in [2.05, 4.69) is 0 Å². The van der Waals surface area contributed by atoms with Crippen LogP contribution in [0.15, 0.2) is 18.2 Å². The summed E-state index contributed by atoms with van der Waals surface area (Å²) in [6.07, 6.45) is 0.0226. The van der Waals surface area contributed by atoms with Crippen LogP contribution in [0.2, 0.25) is 0 Å². The van der Waals surface area contributed by atoms with Gasteiger partial charge in [-0.15, -0.1) is 0 Å². The van der Waals surface area contributed by atoms with Crippen molar-refractivity contribution in [1.82, 2.24) is 0 Å². The second-order valence-corrected chi connectivity index (χ2v) is 3.17. The molecule has 0 saturated carbocycles. The fraction of sp³-hybridized carbons (Fsp3) is 0.300. The summed E-state index contributed by atoms with van der Waals surface area (Å²) in [6.45, 7) is 0. The number of carbonyl (C=O) groups is 1. The first kappa shape index (κ1) is 11.5. The molecular weight excluding hydrogens is 199 g/mol. The molecule has 0 saturated heterocycles. The largest absolute Gasteiger partial charge is 0.494 e. The van der Waals surface area contributed by atoms with Crippen LogP contribution in [0, 0.1) is 5.82 Å². The van der Waals surface area contributed by atoms with Crippen molar-refractivity contribution in [3.05, 3.63) is 29.6 Å². The maximum absolute atomic E-state index is 13.0. The Morgan fingerprint density at radius 2 is 2.27 bits per heavy atom. The number of amides is 1. The minimum atomic E-state index is -0.531. The number of nitrogens with two attached hydrogens (primary N) is 2. The van der Waals surface area contributed by atoms with E-state index in [0.717, 1.165) is 0 Å². The highest BCUT2D eigenvalue weighted by molar-refractivity contribution is 5.74. The van der Waals surface area contributed by atoms with Gasteiger partial charge in [0.05, 0.1) is 7.11 Å². The SMILES string of the molecule is COc1cc(C(N)CC(N)=O)ccc1F. The molecule has 0 aliphatic carbocycles. The zero-order valence-corrected chi connectivity index (χ0v) is 8.37. The number of ether oxygens (including phenoxy) is 1. The Bertz CT molecular complexity index is 368. The van der Waals surface area contributed by atoms with Gasteiger partial charge in [0.2, 0.25) is 5.91 Å². The van der Waals surface area contributed by atoms with Gasteiger partial charge in [-0.2, -0.15) is 0 Å². The van der Waals surface area contributed by atoms with Gasteiger partial charge in [0.25, 0.3) is 0 Å². The Balaban J connectivity index is 2.90. The molecule has 0 radical (unpaired) electrons. The minimum absolute atomic E-state index is 0.0226. The molecule has 0 bridgehead atoms. The van der Waals surface area contributed by atoms with Gasteiger partial charge in [-0.25, -0.2) is 4.39 Å². The van der Waals surface area contributed by atoms with Gasteiger partial charge >= 0.3 is 0 Å². The van der Waals surface area contributed by atoms with Gasteiger partial charge < -0.3 is 16.2 Å². The Morgan fingerprint density at radius 1 is 1.60 bits per heavy atom. The molecule has 4 N–H and O–H groups in total. The lowest BCUT2D eigenvalue weighted by Crippen LogP contribution is -2.20. The molecule has 15 heavy (non-hydrogen) atoms. The number of rotatable bonds is 4. The number of halogens is 1. The van der Waals surface area contributed by atoms with Crippen molar-refractivity contribution in [2.45, 2.75) is 12.5 Å². The molecule has 1 rings (SSSR count). The monoisotopic (exact) mass is 212 g/mol. The lowest BCUT2D eigenvalue weighted by atomic mass is 10.0. The normalized spacial score (nSPS) is 12.2. The van der Waals surface area contributed by atoms with E-state index in [0.29, 0.717) is 5.56 Å². The van der Waals surface area contributed by atoms with E-state index in [1.165, 1.54) is 25.3 Å². The van der Waals surface area contributed by atoms with Gasteiger partial charge in [-0.05, 0) is 17.7 Å². The molecule has 0 heterocycles. The van der Waals surface area contributed by atoms with Crippen LogP contribution in [0.1, 0.15) is 18.0 Å². The van der Waals surface area contributed by atoms with Crippen LogP contribution in [-0.2, 0) is 4.79 Å². The van der Waals surface area contributed by atoms with Crippen LogP contribution in [0.5, 0.6) is 5.75 Å². The maximum Gasteiger partial charge on any atom is 0.219 e. The summed E-state index contributed by atoms with van der Waals surface area (Å²) in [5.41, 5.74) is 11.3. The highest BCUT2D eigenvalue weighted by Crippen LogP contribution is 2.22. The molecule has 0 aromatic heterocycles. The summed E-state index contributed by atoms with van der Waals surface area (Å²) < 4.78 is 17.8. The van der Waals surface area contributed by atoms with Gasteiger partial charge in [-0.1, -0.05) is 6.07 Å². The fourth-order valence-electron chi connectivity index (χ4n) is 1.24. The quantitative estimate of drug-likeness (QED) is 0.771. The lowest BCUT2D eigenvalue weighted by Gasteiger charge is -2.11. The third-order valence-corrected chi connectivity index (χ3v) is 2.02. The number of benzene rings is 1. The van der Waals surface area contributed by atoms with Crippen molar-refractivity contribution in [3.8, 4) is 5.75 Å². The third kappa shape index (κ3) is 2.92. The molecule has 5 heteroatoms. The molecule has 0 spiro atoms. The highest BCUT2D eigenvalue weighted by Gasteiger charge is 2.12. The molecule has 4 nitrogen and oxygen atoms in total. The van der Waals surface area contributed by atoms with E-state index in [9.17, 15) is 9.18 Å². The zero-order valence-electron chi connectivity index (χ0n) is 8.37. The smallest absolute Gasteiger partial charge is 0.219 e. The maximum atomic E-state index is 13.0. The van der Waals surface area contributed by atoms with Crippen molar-refractivity contribution in [3.63, 3.8) is 0 Å². The predicted octanol–water partition coefficient (Wildman–Crippen LogP) is 0.709. The van der Waals surface area contributed by atoms with Gasteiger partial charge in [0.1, 0.15) is 0 Å². The Hall–Kier alpha value is -1.62. The molecule has 1 aromatic carbocycles. The summed E-state index contributed by atoms with van der Waals surface area (Å²) in [6, 6.07) is 3.68. The van der Waals surface area contributed by atoms with Crippen molar-refractivity contribution < 1.29 is 13.9 Å². The molecule has 1 unspecified atom stereocenters. The minimum Gasteiger partial charge on any atom is -0.494 e. The topological polar surface area (TPSA) is 78.3 Å². The summed E-state index contributed by atoms with van der Waals surface area (Å²) in [4.78, 5) is 10.6. The third-order valence-electron chi connectivity index (χ3n) is 2.02. The van der Waals surface area contributed by atoms with Crippen LogP contribution in [0.4, 0.5) is 4.39 Å². The molecule has 0 fully saturated rings. The summed E-state index contributed by atoms with van der Waals surface area (Å²) in [5, 5.41) is 0. The summed E-state index contributed by atoms with van der Waals surface area (Å²) in [5.74, 6) is -0.856. The number of hydrogen-bond acceptors (Lipinski definition) is 3. The molecule has 1 aromatic rings. The summed E-state index contributed by atoms with van der Waals surface area (Å²) >= 11 is 0. The second kappa shape index (κ2) is 4.75. The molecule has 1 amide bonds. The van der Waals surface area contributed by atoms with Crippen molar-refractivity contribution >= 4 is 5.91 Å². The van der Waals surface area contributed by atoms with Crippen LogP contribution in [0.3, 0.4) is 0 Å². The summed E-state index contributed by atoms with van der Waals surface area (Å²) in [7, 11) is 1.36. The number of primary amides is 1. The first-order chi connectivity index (χ1) is 7.04. The van der Waals surface area contributed by atoms with E-state index in [-0.39, 0.29) is 12.2 Å². The molecular formula is C10H13FN2O2. The van der Waals surface area contributed by atoms with Gasteiger partial charge in [-0.3, -0.25) is 4.79 Å². The number of hydrogen-bond donors (Lipinski definition) is 2. The second-order valence-electron chi connectivity index (χ2n) is 3.17. The molecule has 82 valence electrons. The first-order valence-electron chi connectivity index (χ1n) is 4.42. The van der Waals surface area contributed by atoms with Crippen molar-refractivity contribution in [2.75, 3.05) is 7.11 Å². The van der Waals surface area contributed by atoms with Crippen LogP contribution in [-0.4, -0.2) is 13.0 Å². The van der Waals surface area contributed by atoms with Gasteiger partial charge in [0.15, 0.2) is 11.6 Å². The standard InChI is InChI=1S/C10H13FN2O2/c1-15-9-4-6(2-3-7(9)11)8(12)5-10(13)14/h2-4,8H,5,12H2,1H3,(H2,13,14).